The van der Waals surface area contributed by atoms with Crippen molar-refractivity contribution in [3.63, 3.8) is 0 Å². The van der Waals surface area contributed by atoms with Gasteiger partial charge in [-0.3, -0.25) is 0 Å². The molecule has 2 aliphatic rings. The Morgan fingerprint density at radius 2 is 2.00 bits per heavy atom. The number of ether oxygens (including phenoxy) is 1. The molecule has 100 valence electrons. The molecule has 2 aliphatic carbocycles. The average molecular weight is 239 g/mol. The van der Waals surface area contributed by atoms with E-state index in [9.17, 15) is 0 Å². The van der Waals surface area contributed by atoms with Crippen LogP contribution in [0.1, 0.15) is 58.3 Å². The summed E-state index contributed by atoms with van der Waals surface area (Å²) in [6, 6.07) is 0.792. The second-order valence-electron chi connectivity index (χ2n) is 6.43. The molecule has 2 rings (SSSR count). The third kappa shape index (κ3) is 4.26. The van der Waals surface area contributed by atoms with Crippen molar-refractivity contribution in [2.45, 2.75) is 64.3 Å². The number of methoxy groups -OCH3 is 1. The zero-order valence-corrected chi connectivity index (χ0v) is 11.6. The van der Waals surface area contributed by atoms with E-state index in [2.05, 4.69) is 12.2 Å². The topological polar surface area (TPSA) is 21.3 Å². The Balaban J connectivity index is 1.67. The van der Waals surface area contributed by atoms with Crippen LogP contribution in [-0.4, -0.2) is 26.3 Å². The summed E-state index contributed by atoms with van der Waals surface area (Å²) in [7, 11) is 1.82. The van der Waals surface area contributed by atoms with Crippen LogP contribution in [0.3, 0.4) is 0 Å². The quantitative estimate of drug-likeness (QED) is 0.718. The lowest BCUT2D eigenvalue weighted by atomic mass is 10.0. The largest absolute Gasteiger partial charge is 0.385 e. The van der Waals surface area contributed by atoms with Gasteiger partial charge < -0.3 is 10.1 Å². The van der Waals surface area contributed by atoms with E-state index in [1.165, 1.54) is 57.9 Å². The van der Waals surface area contributed by atoms with Crippen molar-refractivity contribution in [2.24, 2.45) is 11.3 Å². The average Bonchev–Trinajstić information content (AvgIpc) is 3.11. The standard InChI is InChI=1S/C15H29NO/c1-13-4-3-5-14(7-6-13)16-12-15(8-9-15)10-11-17-2/h13-14,16H,3-12H2,1-2H3. The normalized spacial score (nSPS) is 32.1. The van der Waals surface area contributed by atoms with Gasteiger partial charge in [0.2, 0.25) is 0 Å². The minimum atomic E-state index is 0.605. The predicted octanol–water partition coefficient (Wildman–Crippen LogP) is 3.36. The van der Waals surface area contributed by atoms with Gasteiger partial charge in [0.15, 0.2) is 0 Å². The fourth-order valence-electron chi connectivity index (χ4n) is 3.06. The summed E-state index contributed by atoms with van der Waals surface area (Å²) in [4.78, 5) is 0. The molecule has 0 aromatic carbocycles. The molecule has 0 aromatic rings. The molecular formula is C15H29NO. The molecule has 2 atom stereocenters. The van der Waals surface area contributed by atoms with E-state index in [-0.39, 0.29) is 0 Å². The monoisotopic (exact) mass is 239 g/mol. The second kappa shape index (κ2) is 6.19. The van der Waals surface area contributed by atoms with Gasteiger partial charge in [0.1, 0.15) is 0 Å². The summed E-state index contributed by atoms with van der Waals surface area (Å²) < 4.78 is 5.22. The van der Waals surface area contributed by atoms with E-state index < -0.39 is 0 Å². The molecule has 0 radical (unpaired) electrons. The van der Waals surface area contributed by atoms with Gasteiger partial charge in [-0.1, -0.05) is 19.8 Å². The van der Waals surface area contributed by atoms with E-state index in [0.29, 0.717) is 5.41 Å². The lowest BCUT2D eigenvalue weighted by Crippen LogP contribution is -2.34. The Morgan fingerprint density at radius 1 is 1.18 bits per heavy atom. The van der Waals surface area contributed by atoms with Gasteiger partial charge in [0, 0.05) is 26.3 Å². The van der Waals surface area contributed by atoms with Crippen LogP contribution in [0, 0.1) is 11.3 Å². The van der Waals surface area contributed by atoms with Crippen LogP contribution >= 0.6 is 0 Å². The van der Waals surface area contributed by atoms with Gasteiger partial charge in [-0.05, 0) is 49.9 Å². The van der Waals surface area contributed by atoms with Gasteiger partial charge >= 0.3 is 0 Å². The molecule has 0 saturated heterocycles. The lowest BCUT2D eigenvalue weighted by molar-refractivity contribution is 0.169. The lowest BCUT2D eigenvalue weighted by Gasteiger charge is -2.21. The first-order chi connectivity index (χ1) is 8.24. The first-order valence-electron chi connectivity index (χ1n) is 7.46. The van der Waals surface area contributed by atoms with Gasteiger partial charge in [-0.2, -0.15) is 0 Å². The summed E-state index contributed by atoms with van der Waals surface area (Å²) in [5.74, 6) is 0.949. The number of hydrogen-bond acceptors (Lipinski definition) is 2. The third-order valence-electron chi connectivity index (χ3n) is 4.82. The molecule has 2 fully saturated rings. The molecule has 0 aliphatic heterocycles. The molecule has 1 N–H and O–H groups in total. The molecule has 0 heterocycles. The van der Waals surface area contributed by atoms with Crippen LogP contribution in [0.5, 0.6) is 0 Å². The SMILES string of the molecule is COCCC1(CNC2CCCC(C)CC2)CC1. The van der Waals surface area contributed by atoms with Crippen molar-refractivity contribution in [1.29, 1.82) is 0 Å². The summed E-state index contributed by atoms with van der Waals surface area (Å²) in [6.07, 6.45) is 11.1. The minimum Gasteiger partial charge on any atom is -0.385 e. The van der Waals surface area contributed by atoms with Crippen LogP contribution in [0.2, 0.25) is 0 Å². The van der Waals surface area contributed by atoms with Gasteiger partial charge in [0.05, 0.1) is 0 Å². The molecule has 2 heteroatoms. The van der Waals surface area contributed by atoms with E-state index >= 15 is 0 Å². The van der Waals surface area contributed by atoms with Crippen molar-refractivity contribution in [3.8, 4) is 0 Å². The van der Waals surface area contributed by atoms with Crippen LogP contribution in [-0.2, 0) is 4.74 Å². The number of rotatable bonds is 6. The number of nitrogens with one attached hydrogen (secondary N) is 1. The van der Waals surface area contributed by atoms with Gasteiger partial charge in [-0.25, -0.2) is 0 Å². The number of hydrogen-bond donors (Lipinski definition) is 1. The van der Waals surface area contributed by atoms with E-state index in [0.717, 1.165) is 18.6 Å². The van der Waals surface area contributed by atoms with Gasteiger partial charge in [0.25, 0.3) is 0 Å². The Kier molecular flexibility index (Phi) is 4.87. The molecule has 2 saturated carbocycles. The van der Waals surface area contributed by atoms with E-state index in [4.69, 9.17) is 4.74 Å². The first-order valence-corrected chi connectivity index (χ1v) is 7.46. The molecule has 2 nitrogen and oxygen atoms in total. The van der Waals surface area contributed by atoms with Crippen molar-refractivity contribution in [2.75, 3.05) is 20.3 Å². The highest BCUT2D eigenvalue weighted by atomic mass is 16.5. The molecule has 2 unspecified atom stereocenters. The van der Waals surface area contributed by atoms with Crippen LogP contribution in [0.15, 0.2) is 0 Å². The van der Waals surface area contributed by atoms with Crippen molar-refractivity contribution < 1.29 is 4.74 Å². The Hall–Kier alpha value is -0.0800. The maximum Gasteiger partial charge on any atom is 0.0468 e. The van der Waals surface area contributed by atoms with Crippen LogP contribution in [0.25, 0.3) is 0 Å². The Bertz CT molecular complexity index is 225. The summed E-state index contributed by atoms with van der Waals surface area (Å²) in [5, 5.41) is 3.84. The maximum absolute atomic E-state index is 5.22. The smallest absolute Gasteiger partial charge is 0.0468 e. The fourth-order valence-corrected chi connectivity index (χ4v) is 3.06. The molecule has 0 spiro atoms. The fraction of sp³-hybridized carbons (Fsp3) is 1.00. The zero-order chi connectivity index (χ0) is 12.1. The van der Waals surface area contributed by atoms with Crippen LogP contribution < -0.4 is 5.32 Å². The summed E-state index contributed by atoms with van der Waals surface area (Å²) in [5.41, 5.74) is 0.605. The van der Waals surface area contributed by atoms with Crippen molar-refractivity contribution >= 4 is 0 Å². The summed E-state index contributed by atoms with van der Waals surface area (Å²) in [6.45, 7) is 4.57. The van der Waals surface area contributed by atoms with E-state index in [1.54, 1.807) is 0 Å². The molecule has 0 amide bonds. The van der Waals surface area contributed by atoms with Crippen LogP contribution in [0.4, 0.5) is 0 Å². The molecule has 17 heavy (non-hydrogen) atoms. The van der Waals surface area contributed by atoms with Crippen molar-refractivity contribution in [1.82, 2.24) is 5.32 Å². The summed E-state index contributed by atoms with van der Waals surface area (Å²) >= 11 is 0. The van der Waals surface area contributed by atoms with Crippen molar-refractivity contribution in [3.05, 3.63) is 0 Å². The molecule has 0 aromatic heterocycles. The highest BCUT2D eigenvalue weighted by Gasteiger charge is 2.41. The zero-order valence-electron chi connectivity index (χ0n) is 11.6. The highest BCUT2D eigenvalue weighted by Crippen LogP contribution is 2.48. The second-order valence-corrected chi connectivity index (χ2v) is 6.43. The predicted molar refractivity (Wildman–Crippen MR) is 72.2 cm³/mol. The molecule has 0 bridgehead atoms. The Labute approximate surface area is 107 Å². The maximum atomic E-state index is 5.22. The Morgan fingerprint density at radius 3 is 2.71 bits per heavy atom. The van der Waals surface area contributed by atoms with E-state index in [1.807, 2.05) is 7.11 Å². The third-order valence-corrected chi connectivity index (χ3v) is 4.82. The van der Waals surface area contributed by atoms with Gasteiger partial charge in [-0.15, -0.1) is 0 Å². The minimum absolute atomic E-state index is 0.605. The first kappa shape index (κ1) is 13.4. The molecular weight excluding hydrogens is 210 g/mol. The highest BCUT2D eigenvalue weighted by molar-refractivity contribution is 4.95.